The van der Waals surface area contributed by atoms with Gasteiger partial charge in [-0.2, -0.15) is 4.31 Å². The van der Waals surface area contributed by atoms with Gasteiger partial charge in [-0.15, -0.1) is 0 Å². The third kappa shape index (κ3) is 3.07. The fourth-order valence-corrected chi connectivity index (χ4v) is 2.49. The van der Waals surface area contributed by atoms with Crippen LogP contribution in [-0.2, 0) is 17.1 Å². The van der Waals surface area contributed by atoms with E-state index >= 15 is 0 Å². The summed E-state index contributed by atoms with van der Waals surface area (Å²) < 4.78 is 27.2. The number of nitrogens with zero attached hydrogens (tertiary/aromatic N) is 3. The normalized spacial score (nSPS) is 12.6. The molecule has 1 heterocycles. The van der Waals surface area contributed by atoms with Gasteiger partial charge in [-0.05, 0) is 20.2 Å². The molecule has 0 fully saturated rings. The van der Waals surface area contributed by atoms with E-state index in [1.54, 1.807) is 37.1 Å². The standard InChI is InChI=1S/C10H19N3O2S/c1-11(2)7-8-13(4)16(14,15)10-5-6-12(3)9-10/h5-6,9H,7-8H2,1-4H3. The van der Waals surface area contributed by atoms with Crippen LogP contribution in [0.4, 0.5) is 0 Å². The average Bonchev–Trinajstić information content (AvgIpc) is 2.61. The van der Waals surface area contributed by atoms with Crippen molar-refractivity contribution in [2.45, 2.75) is 4.90 Å². The lowest BCUT2D eigenvalue weighted by molar-refractivity contribution is 0.358. The zero-order valence-electron chi connectivity index (χ0n) is 10.2. The Hall–Kier alpha value is -0.850. The zero-order chi connectivity index (χ0) is 12.3. The van der Waals surface area contributed by atoms with Crippen molar-refractivity contribution in [1.29, 1.82) is 0 Å². The lowest BCUT2D eigenvalue weighted by atomic mass is 10.6. The van der Waals surface area contributed by atoms with Gasteiger partial charge in [0.15, 0.2) is 0 Å². The van der Waals surface area contributed by atoms with Crippen LogP contribution in [0.25, 0.3) is 0 Å². The van der Waals surface area contributed by atoms with Crippen molar-refractivity contribution in [2.75, 3.05) is 34.2 Å². The smallest absolute Gasteiger partial charge is 0.244 e. The van der Waals surface area contributed by atoms with Crippen LogP contribution >= 0.6 is 0 Å². The average molecular weight is 245 g/mol. The monoisotopic (exact) mass is 245 g/mol. The molecule has 0 atom stereocenters. The summed E-state index contributed by atoms with van der Waals surface area (Å²) in [6, 6.07) is 1.61. The van der Waals surface area contributed by atoms with Crippen LogP contribution in [0.3, 0.4) is 0 Å². The van der Waals surface area contributed by atoms with Crippen LogP contribution in [0.1, 0.15) is 0 Å². The van der Waals surface area contributed by atoms with Crippen LogP contribution in [-0.4, -0.2) is 56.4 Å². The number of rotatable bonds is 5. The first-order valence-electron chi connectivity index (χ1n) is 5.07. The molecule has 1 aromatic rings. The van der Waals surface area contributed by atoms with E-state index in [9.17, 15) is 8.42 Å². The predicted molar refractivity (Wildman–Crippen MR) is 63.8 cm³/mol. The van der Waals surface area contributed by atoms with Gasteiger partial charge in [0.2, 0.25) is 10.0 Å². The molecule has 1 rings (SSSR count). The summed E-state index contributed by atoms with van der Waals surface area (Å²) in [4.78, 5) is 2.30. The lowest BCUT2D eigenvalue weighted by Crippen LogP contribution is -2.33. The highest BCUT2D eigenvalue weighted by Crippen LogP contribution is 2.13. The minimum atomic E-state index is -3.33. The third-order valence-corrected chi connectivity index (χ3v) is 4.22. The molecule has 0 amide bonds. The molecule has 16 heavy (non-hydrogen) atoms. The summed E-state index contributed by atoms with van der Waals surface area (Å²) in [5.41, 5.74) is 0. The Bertz CT molecular complexity index is 437. The molecule has 0 aliphatic carbocycles. The van der Waals surface area contributed by atoms with E-state index in [1.807, 2.05) is 19.0 Å². The van der Waals surface area contributed by atoms with Gasteiger partial charge >= 0.3 is 0 Å². The van der Waals surface area contributed by atoms with Crippen LogP contribution in [0.15, 0.2) is 23.4 Å². The van der Waals surface area contributed by atoms with E-state index < -0.39 is 10.0 Å². The Labute approximate surface area is 97.3 Å². The molecule has 0 saturated heterocycles. The molecule has 0 aromatic carbocycles. The third-order valence-electron chi connectivity index (χ3n) is 2.38. The molecule has 92 valence electrons. The van der Waals surface area contributed by atoms with Crippen molar-refractivity contribution >= 4 is 10.0 Å². The van der Waals surface area contributed by atoms with Gasteiger partial charge in [-0.1, -0.05) is 0 Å². The topological polar surface area (TPSA) is 45.6 Å². The highest BCUT2D eigenvalue weighted by atomic mass is 32.2. The fraction of sp³-hybridized carbons (Fsp3) is 0.600. The molecule has 0 unspecified atom stereocenters. The number of aromatic nitrogens is 1. The first kappa shape index (κ1) is 13.2. The lowest BCUT2D eigenvalue weighted by Gasteiger charge is -2.18. The summed E-state index contributed by atoms with van der Waals surface area (Å²) in [5.74, 6) is 0. The van der Waals surface area contributed by atoms with E-state index in [0.29, 0.717) is 18.0 Å². The molecule has 0 saturated carbocycles. The molecular formula is C10H19N3O2S. The number of hydrogen-bond acceptors (Lipinski definition) is 3. The van der Waals surface area contributed by atoms with E-state index in [-0.39, 0.29) is 0 Å². The molecule has 1 aromatic heterocycles. The van der Waals surface area contributed by atoms with Gasteiger partial charge in [0.25, 0.3) is 0 Å². The number of likely N-dealkylation sites (N-methyl/N-ethyl adjacent to an activating group) is 2. The van der Waals surface area contributed by atoms with E-state index in [1.165, 1.54) is 4.31 Å². The molecule has 0 radical (unpaired) electrons. The summed E-state index contributed by atoms with van der Waals surface area (Å²) in [6.45, 7) is 1.20. The maximum Gasteiger partial charge on any atom is 0.244 e. The summed E-state index contributed by atoms with van der Waals surface area (Å²) >= 11 is 0. The Morgan fingerprint density at radius 2 is 1.88 bits per heavy atom. The van der Waals surface area contributed by atoms with Crippen molar-refractivity contribution in [3.63, 3.8) is 0 Å². The van der Waals surface area contributed by atoms with Gasteiger partial charge in [0, 0.05) is 39.6 Å². The molecular weight excluding hydrogens is 226 g/mol. The van der Waals surface area contributed by atoms with Gasteiger partial charge in [-0.25, -0.2) is 8.42 Å². The Balaban J connectivity index is 2.78. The number of hydrogen-bond donors (Lipinski definition) is 0. The Morgan fingerprint density at radius 3 is 2.31 bits per heavy atom. The molecule has 6 heteroatoms. The highest BCUT2D eigenvalue weighted by Gasteiger charge is 2.21. The number of aryl methyl sites for hydroxylation is 1. The fourth-order valence-electron chi connectivity index (χ4n) is 1.27. The SMILES string of the molecule is CN(C)CCN(C)S(=O)(=O)c1ccn(C)c1. The Kier molecular flexibility index (Phi) is 4.12. The second kappa shape index (κ2) is 4.99. The molecule has 0 bridgehead atoms. The van der Waals surface area contributed by atoms with Crippen molar-refractivity contribution < 1.29 is 8.42 Å². The minimum absolute atomic E-state index is 0.344. The largest absolute Gasteiger partial charge is 0.356 e. The summed E-state index contributed by atoms with van der Waals surface area (Å²) in [7, 11) is 3.92. The van der Waals surface area contributed by atoms with E-state index in [0.717, 1.165) is 0 Å². The zero-order valence-corrected chi connectivity index (χ0v) is 11.0. The van der Waals surface area contributed by atoms with Gasteiger partial charge in [-0.3, -0.25) is 0 Å². The minimum Gasteiger partial charge on any atom is -0.356 e. The Morgan fingerprint density at radius 1 is 1.25 bits per heavy atom. The maximum absolute atomic E-state index is 12.1. The summed E-state index contributed by atoms with van der Waals surface area (Å²) in [6.07, 6.45) is 3.34. The van der Waals surface area contributed by atoms with Crippen LogP contribution < -0.4 is 0 Å². The van der Waals surface area contributed by atoms with Crippen molar-refractivity contribution in [3.05, 3.63) is 18.5 Å². The summed E-state index contributed by atoms with van der Waals surface area (Å²) in [5, 5.41) is 0. The molecule has 5 nitrogen and oxygen atoms in total. The highest BCUT2D eigenvalue weighted by molar-refractivity contribution is 7.89. The number of sulfonamides is 1. The first-order chi connectivity index (χ1) is 7.34. The van der Waals surface area contributed by atoms with Gasteiger partial charge in [0.1, 0.15) is 0 Å². The second-order valence-electron chi connectivity index (χ2n) is 4.14. The maximum atomic E-state index is 12.1. The quantitative estimate of drug-likeness (QED) is 0.745. The van der Waals surface area contributed by atoms with Gasteiger partial charge < -0.3 is 9.47 Å². The molecule has 0 aliphatic rings. The van der Waals surface area contributed by atoms with Crippen molar-refractivity contribution in [2.24, 2.45) is 7.05 Å². The van der Waals surface area contributed by atoms with Crippen LogP contribution in [0, 0.1) is 0 Å². The van der Waals surface area contributed by atoms with Crippen molar-refractivity contribution in [1.82, 2.24) is 13.8 Å². The second-order valence-corrected chi connectivity index (χ2v) is 6.19. The molecule has 0 aliphatic heterocycles. The first-order valence-corrected chi connectivity index (χ1v) is 6.51. The van der Waals surface area contributed by atoms with E-state index in [2.05, 4.69) is 0 Å². The van der Waals surface area contributed by atoms with E-state index in [4.69, 9.17) is 0 Å². The molecule has 0 N–H and O–H groups in total. The van der Waals surface area contributed by atoms with Crippen LogP contribution in [0.5, 0.6) is 0 Å². The van der Waals surface area contributed by atoms with Gasteiger partial charge in [0.05, 0.1) is 4.90 Å². The van der Waals surface area contributed by atoms with Crippen molar-refractivity contribution in [3.8, 4) is 0 Å². The van der Waals surface area contributed by atoms with Crippen LogP contribution in [0.2, 0.25) is 0 Å². The molecule has 0 spiro atoms. The predicted octanol–water partition coefficient (Wildman–Crippen LogP) is 0.207.